The van der Waals surface area contributed by atoms with E-state index < -0.39 is 0 Å². The van der Waals surface area contributed by atoms with Crippen molar-refractivity contribution in [3.05, 3.63) is 164 Å². The molecule has 0 radical (unpaired) electrons. The van der Waals surface area contributed by atoms with Gasteiger partial charge in [-0.1, -0.05) is 115 Å². The molecule has 0 aliphatic carbocycles. The molecule has 5 heteroatoms. The minimum absolute atomic E-state index is 0.653. The van der Waals surface area contributed by atoms with Crippen LogP contribution in [0.5, 0.6) is 0 Å². The van der Waals surface area contributed by atoms with Gasteiger partial charge in [0.25, 0.3) is 0 Å². The smallest absolute Gasteiger partial charge is 0.161 e. The summed E-state index contributed by atoms with van der Waals surface area (Å²) in [7, 11) is 0. The van der Waals surface area contributed by atoms with Gasteiger partial charge >= 0.3 is 0 Å². The predicted molar refractivity (Wildman–Crippen MR) is 197 cm³/mol. The van der Waals surface area contributed by atoms with E-state index in [4.69, 9.17) is 15.0 Å². The summed E-state index contributed by atoms with van der Waals surface area (Å²) in [5.74, 6) is 1.49. The number of benzene rings is 6. The number of para-hydroxylation sites is 4. The molecule has 0 saturated carbocycles. The minimum Gasteiger partial charge on any atom is -0.307 e. The Kier molecular flexibility index (Phi) is 5.81. The Morgan fingerprint density at radius 1 is 0.396 bits per heavy atom. The third kappa shape index (κ3) is 3.94. The lowest BCUT2D eigenvalue weighted by molar-refractivity contribution is 1.07. The van der Waals surface area contributed by atoms with Crippen LogP contribution in [0, 0.1) is 0 Å². The fraction of sp³-hybridized carbons (Fsp3) is 0. The van der Waals surface area contributed by atoms with Crippen molar-refractivity contribution < 1.29 is 0 Å². The van der Waals surface area contributed by atoms with E-state index in [0.29, 0.717) is 5.82 Å². The van der Waals surface area contributed by atoms with Crippen LogP contribution in [-0.4, -0.2) is 24.1 Å². The number of aromatic nitrogens is 5. The Balaban J connectivity index is 1.23. The highest BCUT2D eigenvalue weighted by atomic mass is 15.1. The summed E-state index contributed by atoms with van der Waals surface area (Å²) in [6.07, 6.45) is 1.90. The van der Waals surface area contributed by atoms with E-state index in [-0.39, 0.29) is 0 Å². The number of hydrogen-bond acceptors (Lipinski definition) is 3. The molecule has 0 saturated heterocycles. The van der Waals surface area contributed by atoms with Gasteiger partial charge in [-0.25, -0.2) is 15.0 Å². The summed E-state index contributed by atoms with van der Waals surface area (Å²) in [6.45, 7) is 0. The highest BCUT2D eigenvalue weighted by Gasteiger charge is 2.21. The van der Waals surface area contributed by atoms with Gasteiger partial charge in [-0.3, -0.25) is 4.57 Å². The fourth-order valence-corrected chi connectivity index (χ4v) is 7.26. The third-order valence-corrected chi connectivity index (χ3v) is 9.37. The number of nitrogens with zero attached hydrogens (tertiary/aromatic N) is 5. The van der Waals surface area contributed by atoms with Crippen molar-refractivity contribution in [1.82, 2.24) is 24.1 Å². The van der Waals surface area contributed by atoms with Crippen LogP contribution in [0.2, 0.25) is 0 Å². The maximum atomic E-state index is 5.12. The molecule has 48 heavy (non-hydrogen) atoms. The molecular weight excluding hydrogens is 587 g/mol. The van der Waals surface area contributed by atoms with Gasteiger partial charge in [0.1, 0.15) is 5.82 Å². The molecule has 0 amide bonds. The van der Waals surface area contributed by atoms with Crippen LogP contribution in [-0.2, 0) is 0 Å². The average Bonchev–Trinajstić information content (AvgIpc) is 3.68. The lowest BCUT2D eigenvalue weighted by Gasteiger charge is -2.12. The first-order chi connectivity index (χ1) is 23.8. The van der Waals surface area contributed by atoms with Crippen molar-refractivity contribution in [2.45, 2.75) is 0 Å². The van der Waals surface area contributed by atoms with E-state index in [1.807, 2.05) is 42.6 Å². The standard InChI is InChI=1S/C43H27N5/c1-3-13-28(14-4-1)40-35-19-7-10-20-36(35)45-43(46-40)29-23-26-39(44-27-29)48-38-22-12-9-18-32(38)34-25-24-33-31-17-8-11-21-37(31)47(41(33)42(34)48)30-15-5-2-6-16-30/h1-27H. The SMILES string of the molecule is c1ccc(-c2nc(-c3ccc(-n4c5ccccc5c5ccc6c7ccccc7n(-c7ccccc7)c6c54)nc3)nc3ccccc23)cc1. The summed E-state index contributed by atoms with van der Waals surface area (Å²) >= 11 is 0. The number of pyridine rings is 1. The van der Waals surface area contributed by atoms with Gasteiger partial charge in [0, 0.05) is 49.9 Å². The molecule has 0 N–H and O–H groups in total. The van der Waals surface area contributed by atoms with Crippen LogP contribution in [0.1, 0.15) is 0 Å². The van der Waals surface area contributed by atoms with Crippen molar-refractivity contribution in [3.8, 4) is 34.2 Å². The van der Waals surface area contributed by atoms with Crippen molar-refractivity contribution in [3.63, 3.8) is 0 Å². The molecule has 10 aromatic rings. The first-order valence-corrected chi connectivity index (χ1v) is 16.1. The van der Waals surface area contributed by atoms with Crippen molar-refractivity contribution in [2.75, 3.05) is 0 Å². The van der Waals surface area contributed by atoms with Crippen molar-refractivity contribution in [2.24, 2.45) is 0 Å². The maximum Gasteiger partial charge on any atom is 0.161 e. The Labute approximate surface area is 276 Å². The highest BCUT2D eigenvalue weighted by molar-refractivity contribution is 6.23. The fourth-order valence-electron chi connectivity index (χ4n) is 7.26. The molecular formula is C43H27N5. The van der Waals surface area contributed by atoms with Crippen LogP contribution in [0.3, 0.4) is 0 Å². The van der Waals surface area contributed by atoms with Gasteiger partial charge in [0.05, 0.1) is 33.3 Å². The van der Waals surface area contributed by atoms with Crippen LogP contribution in [0.25, 0.3) is 88.7 Å². The first-order valence-electron chi connectivity index (χ1n) is 16.1. The van der Waals surface area contributed by atoms with Crippen LogP contribution in [0.4, 0.5) is 0 Å². The van der Waals surface area contributed by atoms with Crippen LogP contribution >= 0.6 is 0 Å². The molecule has 224 valence electrons. The molecule has 4 heterocycles. The molecule has 4 aromatic heterocycles. The van der Waals surface area contributed by atoms with Gasteiger partial charge in [-0.05, 0) is 42.5 Å². The quantitative estimate of drug-likeness (QED) is 0.198. The first kappa shape index (κ1) is 26.6. The molecule has 6 aromatic carbocycles. The molecule has 5 nitrogen and oxygen atoms in total. The van der Waals surface area contributed by atoms with E-state index in [0.717, 1.165) is 55.8 Å². The molecule has 0 atom stereocenters. The Bertz CT molecular complexity index is 2810. The normalized spacial score (nSPS) is 11.8. The minimum atomic E-state index is 0.653. The van der Waals surface area contributed by atoms with Gasteiger partial charge < -0.3 is 4.57 Å². The van der Waals surface area contributed by atoms with Gasteiger partial charge in [0.2, 0.25) is 0 Å². The van der Waals surface area contributed by atoms with E-state index in [1.165, 1.54) is 27.1 Å². The van der Waals surface area contributed by atoms with E-state index >= 15 is 0 Å². The summed E-state index contributed by atoms with van der Waals surface area (Å²) in [5, 5.41) is 5.84. The highest BCUT2D eigenvalue weighted by Crippen LogP contribution is 2.41. The predicted octanol–water partition coefficient (Wildman–Crippen LogP) is 10.6. The molecule has 0 unspecified atom stereocenters. The Hall–Kier alpha value is -6.59. The Morgan fingerprint density at radius 3 is 1.67 bits per heavy atom. The molecule has 0 bridgehead atoms. The number of fused-ring (bicyclic) bond motifs is 8. The molecule has 0 fully saturated rings. The number of hydrogen-bond donors (Lipinski definition) is 0. The van der Waals surface area contributed by atoms with E-state index in [2.05, 4.69) is 130 Å². The second kappa shape index (κ2) is 10.5. The zero-order valence-electron chi connectivity index (χ0n) is 25.8. The second-order valence-corrected chi connectivity index (χ2v) is 12.1. The summed E-state index contributed by atoms with van der Waals surface area (Å²) < 4.78 is 4.70. The van der Waals surface area contributed by atoms with E-state index in [9.17, 15) is 0 Å². The Morgan fingerprint density at radius 2 is 0.979 bits per heavy atom. The van der Waals surface area contributed by atoms with Crippen molar-refractivity contribution >= 4 is 54.5 Å². The van der Waals surface area contributed by atoms with Crippen LogP contribution < -0.4 is 0 Å². The van der Waals surface area contributed by atoms with E-state index in [1.54, 1.807) is 0 Å². The monoisotopic (exact) mass is 613 g/mol. The average molecular weight is 614 g/mol. The largest absolute Gasteiger partial charge is 0.307 e. The summed E-state index contributed by atoms with van der Waals surface area (Å²) in [4.78, 5) is 15.2. The molecule has 0 aliphatic rings. The zero-order chi connectivity index (χ0) is 31.6. The van der Waals surface area contributed by atoms with Crippen LogP contribution in [0.15, 0.2) is 164 Å². The third-order valence-electron chi connectivity index (χ3n) is 9.37. The second-order valence-electron chi connectivity index (χ2n) is 12.1. The van der Waals surface area contributed by atoms with Gasteiger partial charge in [0.15, 0.2) is 5.82 Å². The molecule has 10 rings (SSSR count). The molecule has 0 aliphatic heterocycles. The summed E-state index contributed by atoms with van der Waals surface area (Å²) in [6, 6.07) is 55.1. The van der Waals surface area contributed by atoms with Crippen molar-refractivity contribution in [1.29, 1.82) is 0 Å². The van der Waals surface area contributed by atoms with Gasteiger partial charge in [-0.2, -0.15) is 0 Å². The molecule has 0 spiro atoms. The summed E-state index contributed by atoms with van der Waals surface area (Å²) in [5.41, 5.74) is 9.44. The lowest BCUT2D eigenvalue weighted by Crippen LogP contribution is -2.01. The zero-order valence-corrected chi connectivity index (χ0v) is 25.8. The topological polar surface area (TPSA) is 48.5 Å². The lowest BCUT2D eigenvalue weighted by atomic mass is 10.1. The van der Waals surface area contributed by atoms with Gasteiger partial charge in [-0.15, -0.1) is 0 Å². The maximum absolute atomic E-state index is 5.12. The number of rotatable bonds is 4.